The van der Waals surface area contributed by atoms with E-state index in [1.54, 1.807) is 18.3 Å². The van der Waals surface area contributed by atoms with Crippen LogP contribution in [0.15, 0.2) is 35.4 Å². The summed E-state index contributed by atoms with van der Waals surface area (Å²) in [6, 6.07) is 6.52. The minimum absolute atomic E-state index is 0. The number of hydrogen-bond acceptors (Lipinski definition) is 3. The summed E-state index contributed by atoms with van der Waals surface area (Å²) in [7, 11) is 0. The molecule has 1 aromatic heterocycles. The van der Waals surface area contributed by atoms with E-state index in [9.17, 15) is 8.76 Å². The van der Waals surface area contributed by atoms with Crippen LogP contribution in [-0.4, -0.2) is 13.7 Å². The maximum atomic E-state index is 10.7. The van der Waals surface area contributed by atoms with Gasteiger partial charge in [0.05, 0.1) is 0 Å². The minimum Gasteiger partial charge on any atom is -0.768 e. The Balaban J connectivity index is 0.00000112. The van der Waals surface area contributed by atoms with Crippen LogP contribution in [0.5, 0.6) is 0 Å². The molecule has 0 radical (unpaired) electrons. The summed E-state index contributed by atoms with van der Waals surface area (Å²) in [6.45, 7) is 0. The maximum Gasteiger partial charge on any atom is 1.00 e. The predicted molar refractivity (Wildman–Crippen MR) is 53.9 cm³/mol. The molecule has 0 aliphatic rings. The molecule has 3 nitrogen and oxygen atoms in total. The van der Waals surface area contributed by atoms with E-state index in [1.165, 1.54) is 12.1 Å². The van der Waals surface area contributed by atoms with Gasteiger partial charge in [-0.2, -0.15) is 0 Å². The van der Waals surface area contributed by atoms with Crippen molar-refractivity contribution in [1.82, 2.24) is 4.98 Å². The van der Waals surface area contributed by atoms with E-state index < -0.39 is 11.1 Å². The van der Waals surface area contributed by atoms with Crippen molar-refractivity contribution in [2.75, 3.05) is 0 Å². The second kappa shape index (κ2) is 5.39. The van der Waals surface area contributed by atoms with Gasteiger partial charge in [0.1, 0.15) is 5.15 Å². The van der Waals surface area contributed by atoms with Crippen molar-refractivity contribution in [1.29, 1.82) is 0 Å². The molecule has 2 aromatic rings. The van der Waals surface area contributed by atoms with E-state index in [2.05, 4.69) is 4.98 Å². The van der Waals surface area contributed by atoms with Crippen LogP contribution in [0.1, 0.15) is 0 Å². The Morgan fingerprint density at radius 1 is 1.33 bits per heavy atom. The molecule has 15 heavy (non-hydrogen) atoms. The number of hydrogen-bond donors (Lipinski definition) is 0. The average Bonchev–Trinajstić information content (AvgIpc) is 2.18. The molecule has 1 unspecified atom stereocenters. The summed E-state index contributed by atoms with van der Waals surface area (Å²) in [6.07, 6.45) is 1.58. The van der Waals surface area contributed by atoms with Gasteiger partial charge in [-0.15, -0.1) is 0 Å². The number of aromatic nitrogens is 1. The second-order valence-electron chi connectivity index (χ2n) is 2.72. The zero-order valence-corrected chi connectivity index (χ0v) is 11.5. The molecule has 0 bridgehead atoms. The fraction of sp³-hybridized carbons (Fsp3) is 0. The number of fused-ring (bicyclic) bond motifs is 1. The van der Waals surface area contributed by atoms with Gasteiger partial charge in [0.2, 0.25) is 0 Å². The topological polar surface area (TPSA) is 53.0 Å². The summed E-state index contributed by atoms with van der Waals surface area (Å²) in [5, 5.41) is 1.84. The van der Waals surface area contributed by atoms with Crippen LogP contribution in [0.2, 0.25) is 5.15 Å². The van der Waals surface area contributed by atoms with Gasteiger partial charge < -0.3 is 4.55 Å². The molecule has 0 aliphatic carbocycles. The largest absolute Gasteiger partial charge is 1.00 e. The molecule has 0 aliphatic heterocycles. The third kappa shape index (κ3) is 2.78. The van der Waals surface area contributed by atoms with Crippen molar-refractivity contribution < 1.29 is 38.3 Å². The standard InChI is InChI=1S/C9H6ClNO2S.Na/c10-9-8-5-7(14(12)13)2-1-6(8)3-4-11-9;/h1-5H,(H,12,13);/q;+1/p-1. The first-order valence-electron chi connectivity index (χ1n) is 3.82. The van der Waals surface area contributed by atoms with E-state index in [4.69, 9.17) is 11.6 Å². The van der Waals surface area contributed by atoms with Crippen molar-refractivity contribution in [3.8, 4) is 0 Å². The number of pyridine rings is 1. The first kappa shape index (κ1) is 13.1. The molecule has 0 N–H and O–H groups in total. The minimum atomic E-state index is -2.23. The molecule has 72 valence electrons. The first-order valence-corrected chi connectivity index (χ1v) is 5.27. The van der Waals surface area contributed by atoms with Crippen molar-refractivity contribution in [2.45, 2.75) is 4.90 Å². The second-order valence-corrected chi connectivity index (χ2v) is 4.02. The van der Waals surface area contributed by atoms with E-state index in [0.29, 0.717) is 10.5 Å². The Morgan fingerprint density at radius 2 is 2.07 bits per heavy atom. The van der Waals surface area contributed by atoms with Gasteiger partial charge in [0.15, 0.2) is 0 Å². The third-order valence-electron chi connectivity index (χ3n) is 1.88. The summed E-state index contributed by atoms with van der Waals surface area (Å²) >= 11 is 3.59. The van der Waals surface area contributed by atoms with Crippen molar-refractivity contribution >= 4 is 33.5 Å². The van der Waals surface area contributed by atoms with Crippen molar-refractivity contribution in [2.24, 2.45) is 0 Å². The summed E-state index contributed by atoms with van der Waals surface area (Å²) in [4.78, 5) is 4.09. The predicted octanol–water partition coefficient (Wildman–Crippen LogP) is -0.870. The molecule has 0 spiro atoms. The van der Waals surface area contributed by atoms with Crippen molar-refractivity contribution in [3.63, 3.8) is 0 Å². The smallest absolute Gasteiger partial charge is 0.768 e. The normalized spacial score (nSPS) is 12.1. The number of benzene rings is 1. The summed E-state index contributed by atoms with van der Waals surface area (Å²) < 4.78 is 21.4. The van der Waals surface area contributed by atoms with Crippen LogP contribution in [0.3, 0.4) is 0 Å². The molecule has 0 fully saturated rings. The van der Waals surface area contributed by atoms with Crippen LogP contribution in [0, 0.1) is 0 Å². The molecule has 0 saturated heterocycles. The molecule has 6 heteroatoms. The summed E-state index contributed by atoms with van der Waals surface area (Å²) in [5.74, 6) is 0. The Morgan fingerprint density at radius 3 is 2.73 bits per heavy atom. The van der Waals surface area contributed by atoms with Gasteiger partial charge in [-0.1, -0.05) is 17.7 Å². The monoisotopic (exact) mass is 249 g/mol. The SMILES string of the molecule is O=S([O-])c1ccc2ccnc(Cl)c2c1.[Na+]. The molecule has 2 rings (SSSR count). The van der Waals surface area contributed by atoms with Crippen LogP contribution in [0.25, 0.3) is 10.8 Å². The van der Waals surface area contributed by atoms with Crippen LogP contribution in [0.4, 0.5) is 0 Å². The van der Waals surface area contributed by atoms with Crippen LogP contribution in [-0.2, 0) is 11.1 Å². The van der Waals surface area contributed by atoms with E-state index in [0.717, 1.165) is 5.39 Å². The van der Waals surface area contributed by atoms with Gasteiger partial charge in [0.25, 0.3) is 0 Å². The number of halogens is 1. The molecular weight excluding hydrogens is 245 g/mol. The maximum absolute atomic E-state index is 10.7. The molecule has 1 atom stereocenters. The quantitative estimate of drug-likeness (QED) is 0.375. The summed E-state index contributed by atoms with van der Waals surface area (Å²) in [5.41, 5.74) is 0. The Bertz CT molecular complexity index is 520. The molecule has 1 heterocycles. The van der Waals surface area contributed by atoms with Crippen molar-refractivity contribution in [3.05, 3.63) is 35.6 Å². The van der Waals surface area contributed by atoms with E-state index in [1.807, 2.05) is 0 Å². The van der Waals surface area contributed by atoms with Gasteiger partial charge in [-0.25, -0.2) is 4.98 Å². The Hall–Kier alpha value is 0.0300. The average molecular weight is 250 g/mol. The number of rotatable bonds is 1. The molecule has 1 aromatic carbocycles. The molecule has 0 saturated carbocycles. The fourth-order valence-electron chi connectivity index (χ4n) is 1.22. The van der Waals surface area contributed by atoms with Gasteiger partial charge in [-0.05, 0) is 34.7 Å². The van der Waals surface area contributed by atoms with E-state index >= 15 is 0 Å². The Kier molecular flexibility index (Phi) is 4.70. The fourth-order valence-corrected chi connectivity index (χ4v) is 1.83. The number of nitrogens with zero attached hydrogens (tertiary/aromatic N) is 1. The first-order chi connectivity index (χ1) is 6.68. The molecule has 0 amide bonds. The third-order valence-corrected chi connectivity index (χ3v) is 2.82. The van der Waals surface area contributed by atoms with Crippen LogP contribution >= 0.6 is 11.6 Å². The zero-order chi connectivity index (χ0) is 10.1. The van der Waals surface area contributed by atoms with Gasteiger partial charge in [-0.3, -0.25) is 4.21 Å². The zero-order valence-electron chi connectivity index (χ0n) is 7.94. The van der Waals surface area contributed by atoms with Gasteiger partial charge in [0, 0.05) is 16.5 Å². The van der Waals surface area contributed by atoms with Gasteiger partial charge >= 0.3 is 29.6 Å². The van der Waals surface area contributed by atoms with Crippen LogP contribution < -0.4 is 29.6 Å². The molecular formula is C9H5ClNNaO2S. The Labute approximate surface area is 116 Å². The van der Waals surface area contributed by atoms with E-state index in [-0.39, 0.29) is 34.5 Å².